The van der Waals surface area contributed by atoms with Crippen LogP contribution in [0.3, 0.4) is 0 Å². The van der Waals surface area contributed by atoms with E-state index in [2.05, 4.69) is 20.5 Å². The summed E-state index contributed by atoms with van der Waals surface area (Å²) in [4.78, 5) is 16.8. The lowest BCUT2D eigenvalue weighted by Crippen LogP contribution is -2.30. The number of benzene rings is 2. The highest BCUT2D eigenvalue weighted by atomic mass is 16.5. The molecule has 174 valence electrons. The van der Waals surface area contributed by atoms with Crippen LogP contribution in [0.5, 0.6) is 11.5 Å². The van der Waals surface area contributed by atoms with E-state index < -0.39 is 6.10 Å². The number of carbonyl (C=O) groups is 1. The number of hydrogen-bond acceptors (Lipinski definition) is 7. The Morgan fingerprint density at radius 2 is 1.69 bits per heavy atom. The van der Waals surface area contributed by atoms with Gasteiger partial charge in [-0.05, 0) is 67.6 Å². The number of carbonyl (C=O) groups excluding carboxylic acids is 1. The van der Waals surface area contributed by atoms with Gasteiger partial charge in [-0.3, -0.25) is 9.78 Å². The molecule has 1 atom stereocenters. The van der Waals surface area contributed by atoms with E-state index in [1.54, 1.807) is 55.2 Å². The van der Waals surface area contributed by atoms with Crippen molar-refractivity contribution in [2.24, 2.45) is 0 Å². The van der Waals surface area contributed by atoms with Gasteiger partial charge in [0.2, 0.25) is 0 Å². The molecule has 3 aromatic heterocycles. The van der Waals surface area contributed by atoms with E-state index in [1.807, 2.05) is 48.5 Å². The van der Waals surface area contributed by atoms with Crippen LogP contribution in [0, 0.1) is 0 Å². The quantitative estimate of drug-likeness (QED) is 0.382. The molecule has 2 aromatic carbocycles. The molecule has 0 aliphatic rings. The summed E-state index contributed by atoms with van der Waals surface area (Å²) in [5, 5.41) is 16.1. The minimum Gasteiger partial charge on any atom is -0.497 e. The van der Waals surface area contributed by atoms with Crippen LogP contribution in [0.4, 0.5) is 5.69 Å². The third kappa shape index (κ3) is 4.79. The van der Waals surface area contributed by atoms with Crippen molar-refractivity contribution in [1.29, 1.82) is 0 Å². The predicted molar refractivity (Wildman–Crippen MR) is 131 cm³/mol. The Labute approximate surface area is 201 Å². The van der Waals surface area contributed by atoms with E-state index in [1.165, 1.54) is 0 Å². The van der Waals surface area contributed by atoms with Crippen molar-refractivity contribution >= 4 is 17.2 Å². The molecule has 9 heteroatoms. The van der Waals surface area contributed by atoms with E-state index in [9.17, 15) is 4.79 Å². The lowest BCUT2D eigenvalue weighted by Gasteiger charge is -2.15. The van der Waals surface area contributed by atoms with Gasteiger partial charge in [-0.25, -0.2) is 0 Å². The van der Waals surface area contributed by atoms with Crippen LogP contribution in [0.15, 0.2) is 85.2 Å². The summed E-state index contributed by atoms with van der Waals surface area (Å²) >= 11 is 0. The van der Waals surface area contributed by atoms with Gasteiger partial charge in [-0.2, -0.15) is 9.61 Å². The molecule has 5 rings (SSSR count). The molecule has 1 N–H and O–H groups in total. The molecule has 9 nitrogen and oxygen atoms in total. The number of rotatable bonds is 7. The molecule has 0 radical (unpaired) electrons. The van der Waals surface area contributed by atoms with Crippen molar-refractivity contribution < 1.29 is 14.3 Å². The molecule has 0 bridgehead atoms. The SMILES string of the molecule is COc1ccc(OC(C)C(=O)Nc2cccc(-c3ccc4nnc(-c5ccncc5)n4n3)c2)cc1. The normalized spacial score (nSPS) is 11.7. The third-order valence-corrected chi connectivity index (χ3v) is 5.37. The minimum absolute atomic E-state index is 0.264. The van der Waals surface area contributed by atoms with Gasteiger partial charge in [0.25, 0.3) is 5.91 Å². The molecule has 35 heavy (non-hydrogen) atoms. The van der Waals surface area contributed by atoms with Crippen LogP contribution < -0.4 is 14.8 Å². The van der Waals surface area contributed by atoms with Gasteiger partial charge in [-0.15, -0.1) is 10.2 Å². The first-order valence-corrected chi connectivity index (χ1v) is 11.0. The molecular weight excluding hydrogens is 444 g/mol. The van der Waals surface area contributed by atoms with Crippen LogP contribution in [0.1, 0.15) is 6.92 Å². The van der Waals surface area contributed by atoms with Gasteiger partial charge >= 0.3 is 0 Å². The standard InChI is InChI=1S/C26H22N6O3/c1-17(35-22-8-6-21(34-2)7-9-22)26(33)28-20-5-3-4-19(16-20)23-10-11-24-29-30-25(32(24)31-23)18-12-14-27-15-13-18/h3-17H,1-2H3,(H,28,33). The van der Waals surface area contributed by atoms with Crippen molar-refractivity contribution in [1.82, 2.24) is 24.8 Å². The van der Waals surface area contributed by atoms with Crippen molar-refractivity contribution in [3.05, 3.63) is 85.2 Å². The highest BCUT2D eigenvalue weighted by molar-refractivity contribution is 5.94. The number of anilines is 1. The molecule has 0 aliphatic carbocycles. The van der Waals surface area contributed by atoms with E-state index >= 15 is 0 Å². The number of ether oxygens (including phenoxy) is 2. The molecule has 0 spiro atoms. The fraction of sp³-hybridized carbons (Fsp3) is 0.115. The van der Waals surface area contributed by atoms with E-state index in [0.717, 1.165) is 16.9 Å². The number of nitrogens with zero attached hydrogens (tertiary/aromatic N) is 5. The zero-order chi connectivity index (χ0) is 24.2. The maximum Gasteiger partial charge on any atom is 0.265 e. The fourth-order valence-corrected chi connectivity index (χ4v) is 3.54. The minimum atomic E-state index is -0.693. The Balaban J connectivity index is 1.34. The first kappa shape index (κ1) is 22.0. The average molecular weight is 467 g/mol. The van der Waals surface area contributed by atoms with Crippen molar-refractivity contribution in [2.75, 3.05) is 12.4 Å². The first-order valence-electron chi connectivity index (χ1n) is 11.0. The Kier molecular flexibility index (Phi) is 6.04. The molecule has 0 aliphatic heterocycles. The number of aromatic nitrogens is 5. The molecule has 0 saturated heterocycles. The Hall–Kier alpha value is -4.79. The number of pyridine rings is 1. The maximum atomic E-state index is 12.7. The summed E-state index contributed by atoms with van der Waals surface area (Å²) < 4.78 is 12.6. The Morgan fingerprint density at radius 1 is 0.914 bits per heavy atom. The fourth-order valence-electron chi connectivity index (χ4n) is 3.54. The second-order valence-electron chi connectivity index (χ2n) is 7.75. The summed E-state index contributed by atoms with van der Waals surface area (Å²) in [6.07, 6.45) is 2.71. The van der Waals surface area contributed by atoms with Gasteiger partial charge in [0, 0.05) is 29.2 Å². The maximum absolute atomic E-state index is 12.7. The van der Waals surface area contributed by atoms with Crippen molar-refractivity contribution in [3.63, 3.8) is 0 Å². The molecule has 0 saturated carbocycles. The summed E-state index contributed by atoms with van der Waals surface area (Å²) in [6, 6.07) is 22.0. The monoisotopic (exact) mass is 466 g/mol. The number of methoxy groups -OCH3 is 1. The number of fused-ring (bicyclic) bond motifs is 1. The molecular formula is C26H22N6O3. The van der Waals surface area contributed by atoms with Gasteiger partial charge in [0.05, 0.1) is 12.8 Å². The second kappa shape index (κ2) is 9.60. The third-order valence-electron chi connectivity index (χ3n) is 5.37. The van der Waals surface area contributed by atoms with Crippen LogP contribution in [-0.4, -0.2) is 43.9 Å². The lowest BCUT2D eigenvalue weighted by molar-refractivity contribution is -0.122. The van der Waals surface area contributed by atoms with E-state index in [-0.39, 0.29) is 5.91 Å². The van der Waals surface area contributed by atoms with E-state index in [0.29, 0.717) is 28.6 Å². The van der Waals surface area contributed by atoms with Crippen molar-refractivity contribution in [2.45, 2.75) is 13.0 Å². The number of nitrogens with one attached hydrogen (secondary N) is 1. The number of amides is 1. The molecule has 0 fully saturated rings. The Morgan fingerprint density at radius 3 is 2.46 bits per heavy atom. The van der Waals surface area contributed by atoms with Crippen LogP contribution in [0.25, 0.3) is 28.3 Å². The lowest BCUT2D eigenvalue weighted by atomic mass is 10.1. The van der Waals surface area contributed by atoms with Crippen LogP contribution in [-0.2, 0) is 4.79 Å². The largest absolute Gasteiger partial charge is 0.497 e. The van der Waals surface area contributed by atoms with Gasteiger partial charge in [-0.1, -0.05) is 12.1 Å². The smallest absolute Gasteiger partial charge is 0.265 e. The van der Waals surface area contributed by atoms with E-state index in [4.69, 9.17) is 14.6 Å². The van der Waals surface area contributed by atoms with Crippen LogP contribution >= 0.6 is 0 Å². The average Bonchev–Trinajstić information content (AvgIpc) is 3.33. The first-order chi connectivity index (χ1) is 17.1. The van der Waals surface area contributed by atoms with Gasteiger partial charge in [0.15, 0.2) is 17.6 Å². The zero-order valence-electron chi connectivity index (χ0n) is 19.1. The summed E-state index contributed by atoms with van der Waals surface area (Å²) in [6.45, 7) is 1.70. The molecule has 1 amide bonds. The number of hydrogen-bond donors (Lipinski definition) is 1. The zero-order valence-corrected chi connectivity index (χ0v) is 19.1. The summed E-state index contributed by atoms with van der Waals surface area (Å²) in [5.74, 6) is 1.66. The second-order valence-corrected chi connectivity index (χ2v) is 7.75. The molecule has 1 unspecified atom stereocenters. The van der Waals surface area contributed by atoms with Gasteiger partial charge in [0.1, 0.15) is 11.5 Å². The topological polar surface area (TPSA) is 104 Å². The summed E-state index contributed by atoms with van der Waals surface area (Å²) in [7, 11) is 1.60. The predicted octanol–water partition coefficient (Wildman–Crippen LogP) is 4.27. The highest BCUT2D eigenvalue weighted by Crippen LogP contribution is 2.24. The van der Waals surface area contributed by atoms with Gasteiger partial charge < -0.3 is 14.8 Å². The van der Waals surface area contributed by atoms with Crippen molar-refractivity contribution in [3.8, 4) is 34.1 Å². The Bertz CT molecular complexity index is 1470. The highest BCUT2D eigenvalue weighted by Gasteiger charge is 2.16. The molecule has 3 heterocycles. The summed E-state index contributed by atoms with van der Waals surface area (Å²) in [5.41, 5.74) is 3.69. The molecule has 5 aromatic rings. The van der Waals surface area contributed by atoms with Crippen LogP contribution in [0.2, 0.25) is 0 Å².